The van der Waals surface area contributed by atoms with Crippen LogP contribution < -0.4 is 0 Å². The van der Waals surface area contributed by atoms with Crippen molar-refractivity contribution in [3.05, 3.63) is 0 Å². The summed E-state index contributed by atoms with van der Waals surface area (Å²) in [7, 11) is 0. The molecule has 0 aromatic heterocycles. The first-order chi connectivity index (χ1) is 2.27. The van der Waals surface area contributed by atoms with Crippen LogP contribution >= 0.6 is 0 Å². The van der Waals surface area contributed by atoms with Crippen molar-refractivity contribution in [2.24, 2.45) is 5.92 Å². The van der Waals surface area contributed by atoms with E-state index in [1.54, 1.807) is 0 Å². The van der Waals surface area contributed by atoms with Crippen LogP contribution in [0.25, 0.3) is 0 Å². The molecule has 0 atom stereocenters. The Kier molecular flexibility index (Phi) is 7.12. The van der Waals surface area contributed by atoms with Crippen molar-refractivity contribution < 1.29 is 0 Å². The third kappa shape index (κ3) is 9.40. The van der Waals surface area contributed by atoms with Gasteiger partial charge >= 0.3 is 10.1 Å². The molecule has 0 spiro atoms. The van der Waals surface area contributed by atoms with E-state index in [1.165, 1.54) is 0 Å². The summed E-state index contributed by atoms with van der Waals surface area (Å²) in [4.78, 5) is 0. The van der Waals surface area contributed by atoms with E-state index in [-0.39, 0.29) is 16.0 Å². The van der Waals surface area contributed by atoms with E-state index < -0.39 is 0 Å². The number of nitriles is 1. The summed E-state index contributed by atoms with van der Waals surface area (Å²) in [6, 6.07) is 2.03. The summed E-state index contributed by atoms with van der Waals surface area (Å²) >= 11 is 0. The maximum absolute atomic E-state index is 7.89. The molecule has 0 rings (SSSR count). The second-order valence-corrected chi connectivity index (χ2v) is 1.28. The molecule has 2 heteroatoms. The standard InChI is InChI=1S/C4H7N.Be.2H/c1-4(2)3-5;;;/h4H,1-2H3;;;. The van der Waals surface area contributed by atoms with Gasteiger partial charge in [-0.05, 0) is 13.8 Å². The number of hydrogen-bond acceptors (Lipinski definition) is 1. The number of nitrogens with zero attached hydrogens (tertiary/aromatic N) is 1. The van der Waals surface area contributed by atoms with Crippen molar-refractivity contribution in [1.29, 1.82) is 5.26 Å². The molecule has 0 aromatic rings. The minimum absolute atomic E-state index is 0. The van der Waals surface area contributed by atoms with Crippen molar-refractivity contribution in [1.82, 2.24) is 0 Å². The first kappa shape index (κ1) is 9.17. The maximum atomic E-state index is 7.89. The summed E-state index contributed by atoms with van der Waals surface area (Å²) in [6.07, 6.45) is 0. The van der Waals surface area contributed by atoms with Crippen molar-refractivity contribution >= 4 is 10.1 Å². The molecular formula is C4H9BeN. The third-order valence-electron chi connectivity index (χ3n) is 0.258. The van der Waals surface area contributed by atoms with Crippen molar-refractivity contribution in [3.63, 3.8) is 0 Å². The van der Waals surface area contributed by atoms with Crippen LogP contribution in [0.3, 0.4) is 0 Å². The SMILES string of the molecule is CC(C)C#N.[BeH2]. The quantitative estimate of drug-likeness (QED) is 0.383. The van der Waals surface area contributed by atoms with Crippen LogP contribution in [-0.4, -0.2) is 10.1 Å². The van der Waals surface area contributed by atoms with Crippen LogP contribution in [0, 0.1) is 17.2 Å². The molecule has 32 valence electrons. The van der Waals surface area contributed by atoms with Gasteiger partial charge in [0.05, 0.1) is 6.07 Å². The molecule has 0 aliphatic carbocycles. The summed E-state index contributed by atoms with van der Waals surface area (Å²) in [6.45, 7) is 3.72. The van der Waals surface area contributed by atoms with Gasteiger partial charge in [0.25, 0.3) is 0 Å². The Morgan fingerprint density at radius 1 is 1.50 bits per heavy atom. The summed E-state index contributed by atoms with van der Waals surface area (Å²) in [5, 5.41) is 7.89. The molecule has 0 unspecified atom stereocenters. The molecule has 1 nitrogen and oxygen atoms in total. The van der Waals surface area contributed by atoms with E-state index in [0.717, 1.165) is 0 Å². The fourth-order valence-electron chi connectivity index (χ4n) is 0. The Hall–Kier alpha value is -0.341. The van der Waals surface area contributed by atoms with Crippen LogP contribution in [0.5, 0.6) is 0 Å². The van der Waals surface area contributed by atoms with Gasteiger partial charge in [0.2, 0.25) is 0 Å². The van der Waals surface area contributed by atoms with Gasteiger partial charge < -0.3 is 0 Å². The van der Waals surface area contributed by atoms with Gasteiger partial charge in [0.1, 0.15) is 0 Å². The van der Waals surface area contributed by atoms with Gasteiger partial charge in [-0.25, -0.2) is 0 Å². The van der Waals surface area contributed by atoms with Crippen LogP contribution in [0.2, 0.25) is 0 Å². The molecule has 0 radical (unpaired) electrons. The van der Waals surface area contributed by atoms with Crippen molar-refractivity contribution in [2.45, 2.75) is 13.8 Å². The zero-order valence-electron chi connectivity index (χ0n) is 3.52. The zero-order chi connectivity index (χ0) is 4.28. The summed E-state index contributed by atoms with van der Waals surface area (Å²) in [5.74, 6) is 0.190. The number of rotatable bonds is 0. The zero-order valence-corrected chi connectivity index (χ0v) is 3.52. The molecule has 0 aliphatic heterocycles. The van der Waals surface area contributed by atoms with Crippen LogP contribution in [-0.2, 0) is 0 Å². The molecule has 0 heterocycles. The fraction of sp³-hybridized carbons (Fsp3) is 0.750. The summed E-state index contributed by atoms with van der Waals surface area (Å²) in [5.41, 5.74) is 0. The monoisotopic (exact) mass is 80.1 g/mol. The normalized spacial score (nSPS) is 6.33. The minimum atomic E-state index is 0. The Bertz CT molecular complexity index is 53.1. The molecule has 0 saturated heterocycles. The van der Waals surface area contributed by atoms with Crippen LogP contribution in [0.15, 0.2) is 0 Å². The van der Waals surface area contributed by atoms with Crippen molar-refractivity contribution in [3.8, 4) is 6.07 Å². The first-order valence-electron chi connectivity index (χ1n) is 1.67. The van der Waals surface area contributed by atoms with Gasteiger partial charge in [0.15, 0.2) is 0 Å². The molecule has 0 amide bonds. The van der Waals surface area contributed by atoms with E-state index in [1.807, 2.05) is 19.9 Å². The second-order valence-electron chi connectivity index (χ2n) is 1.28. The van der Waals surface area contributed by atoms with E-state index in [2.05, 4.69) is 0 Å². The first-order valence-corrected chi connectivity index (χ1v) is 1.67. The average Bonchev–Trinajstić information content (AvgIpc) is 1.38. The van der Waals surface area contributed by atoms with Crippen LogP contribution in [0.4, 0.5) is 0 Å². The fourth-order valence-corrected chi connectivity index (χ4v) is 0. The Morgan fingerprint density at radius 2 is 1.67 bits per heavy atom. The Morgan fingerprint density at radius 3 is 1.67 bits per heavy atom. The molecular weight excluding hydrogens is 71.1 g/mol. The molecule has 0 bridgehead atoms. The van der Waals surface area contributed by atoms with E-state index in [9.17, 15) is 0 Å². The van der Waals surface area contributed by atoms with Gasteiger partial charge in [-0.1, -0.05) is 0 Å². The average molecular weight is 80.1 g/mol. The predicted octanol–water partition coefficient (Wildman–Crippen LogP) is 0.250. The molecule has 0 saturated carbocycles. The molecule has 0 aromatic carbocycles. The molecule has 0 aliphatic rings. The van der Waals surface area contributed by atoms with Gasteiger partial charge in [-0.15, -0.1) is 0 Å². The molecule has 0 fully saturated rings. The second kappa shape index (κ2) is 4.66. The topological polar surface area (TPSA) is 23.8 Å². The third-order valence-corrected chi connectivity index (χ3v) is 0.258. The Labute approximate surface area is 42.2 Å². The molecule has 0 N–H and O–H groups in total. The van der Waals surface area contributed by atoms with E-state index >= 15 is 0 Å². The van der Waals surface area contributed by atoms with E-state index in [4.69, 9.17) is 5.26 Å². The Balaban J connectivity index is 0. The van der Waals surface area contributed by atoms with E-state index in [0.29, 0.717) is 0 Å². The molecule has 6 heavy (non-hydrogen) atoms. The number of hydrogen-bond donors (Lipinski definition) is 0. The van der Waals surface area contributed by atoms with Crippen LogP contribution in [0.1, 0.15) is 13.8 Å². The van der Waals surface area contributed by atoms with Gasteiger partial charge in [0, 0.05) is 5.92 Å². The van der Waals surface area contributed by atoms with Gasteiger partial charge in [-0.3, -0.25) is 0 Å². The van der Waals surface area contributed by atoms with Crippen molar-refractivity contribution in [2.75, 3.05) is 0 Å². The van der Waals surface area contributed by atoms with Gasteiger partial charge in [-0.2, -0.15) is 5.26 Å². The summed E-state index contributed by atoms with van der Waals surface area (Å²) < 4.78 is 0. The predicted molar refractivity (Wildman–Crippen MR) is 29.0 cm³/mol.